The predicted molar refractivity (Wildman–Crippen MR) is 177 cm³/mol. The zero-order valence-corrected chi connectivity index (χ0v) is 27.2. The van der Waals surface area contributed by atoms with Gasteiger partial charge in [0.25, 0.3) is 10.0 Å². The number of nitrogens with zero attached hydrogens (tertiary/aromatic N) is 2. The molecule has 0 fully saturated rings. The van der Waals surface area contributed by atoms with E-state index in [0.29, 0.717) is 33.4 Å². The lowest BCUT2D eigenvalue weighted by Gasteiger charge is -2.34. The summed E-state index contributed by atoms with van der Waals surface area (Å²) in [6, 6.07) is 26.8. The van der Waals surface area contributed by atoms with Crippen LogP contribution in [0.3, 0.4) is 0 Å². The largest absolute Gasteiger partial charge is 0.355 e. The minimum atomic E-state index is -4.18. The molecule has 0 aliphatic carbocycles. The van der Waals surface area contributed by atoms with Crippen LogP contribution in [0.15, 0.2) is 102 Å². The van der Waals surface area contributed by atoms with Gasteiger partial charge in [0.1, 0.15) is 12.6 Å². The van der Waals surface area contributed by atoms with Crippen molar-refractivity contribution < 1.29 is 18.0 Å². The smallest absolute Gasteiger partial charge is 0.264 e. The first-order valence-electron chi connectivity index (χ1n) is 14.2. The van der Waals surface area contributed by atoms with Gasteiger partial charge in [-0.15, -0.1) is 0 Å². The lowest BCUT2D eigenvalue weighted by atomic mass is 10.0. The average molecular weight is 653 g/mol. The van der Waals surface area contributed by atoms with Crippen molar-refractivity contribution in [2.24, 2.45) is 0 Å². The van der Waals surface area contributed by atoms with Gasteiger partial charge in [0.2, 0.25) is 11.8 Å². The van der Waals surface area contributed by atoms with Gasteiger partial charge < -0.3 is 10.2 Å². The maximum absolute atomic E-state index is 14.5. The van der Waals surface area contributed by atoms with Crippen molar-refractivity contribution in [1.29, 1.82) is 0 Å². The van der Waals surface area contributed by atoms with E-state index in [-0.39, 0.29) is 23.8 Å². The van der Waals surface area contributed by atoms with Crippen LogP contribution in [0, 0.1) is 13.8 Å². The molecule has 0 heterocycles. The number of likely N-dealkylation sites (N-methyl/N-ethyl adjacent to an activating group) is 1. The topological polar surface area (TPSA) is 86.8 Å². The van der Waals surface area contributed by atoms with Crippen LogP contribution in [-0.4, -0.2) is 44.3 Å². The van der Waals surface area contributed by atoms with Crippen LogP contribution in [0.1, 0.15) is 29.2 Å². The fourth-order valence-corrected chi connectivity index (χ4v) is 6.86. The third-order valence-electron chi connectivity index (χ3n) is 7.22. The molecule has 4 rings (SSSR count). The molecule has 1 unspecified atom stereocenters. The molecule has 0 saturated heterocycles. The van der Waals surface area contributed by atoms with Crippen molar-refractivity contribution in [3.63, 3.8) is 0 Å². The van der Waals surface area contributed by atoms with E-state index in [4.69, 9.17) is 23.2 Å². The quantitative estimate of drug-likeness (QED) is 0.187. The van der Waals surface area contributed by atoms with Crippen LogP contribution in [-0.2, 0) is 32.6 Å². The fourth-order valence-electron chi connectivity index (χ4n) is 4.90. The second-order valence-corrected chi connectivity index (χ2v) is 13.2. The molecule has 4 aromatic carbocycles. The molecule has 4 aromatic rings. The number of rotatable bonds is 12. The Morgan fingerprint density at radius 2 is 1.52 bits per heavy atom. The van der Waals surface area contributed by atoms with E-state index in [0.717, 1.165) is 15.4 Å². The van der Waals surface area contributed by atoms with E-state index in [1.807, 2.05) is 49.4 Å². The van der Waals surface area contributed by atoms with Gasteiger partial charge in [0.05, 0.1) is 10.6 Å². The standard InChI is InChI=1S/C34H35Cl2N3O4S/c1-4-37-34(41)32(20-26-11-7-5-8-12-26)38(22-27-17-18-28(35)21-30(27)36)33(40)23-39(31-19-24(2)15-16-25(31)3)44(42,43)29-13-9-6-10-14-29/h5-19,21,32H,4,20,22-23H2,1-3H3,(H,37,41). The van der Waals surface area contributed by atoms with Crippen molar-refractivity contribution in [1.82, 2.24) is 10.2 Å². The summed E-state index contributed by atoms with van der Waals surface area (Å²) in [7, 11) is -4.18. The first-order valence-corrected chi connectivity index (χ1v) is 16.4. The minimum Gasteiger partial charge on any atom is -0.355 e. The van der Waals surface area contributed by atoms with E-state index >= 15 is 0 Å². The number of carbonyl (C=O) groups excluding carboxylic acids is 2. The highest BCUT2D eigenvalue weighted by molar-refractivity contribution is 7.92. The number of benzene rings is 4. The molecule has 10 heteroatoms. The average Bonchev–Trinajstić information content (AvgIpc) is 3.01. The van der Waals surface area contributed by atoms with Crippen LogP contribution >= 0.6 is 23.2 Å². The maximum atomic E-state index is 14.5. The normalized spacial score (nSPS) is 11.9. The van der Waals surface area contributed by atoms with Gasteiger partial charge in [0, 0.05) is 29.6 Å². The Bertz CT molecular complexity index is 1720. The van der Waals surface area contributed by atoms with E-state index in [2.05, 4.69) is 5.32 Å². The van der Waals surface area contributed by atoms with Gasteiger partial charge >= 0.3 is 0 Å². The summed E-state index contributed by atoms with van der Waals surface area (Å²) >= 11 is 12.7. The first kappa shape index (κ1) is 33.1. The zero-order chi connectivity index (χ0) is 31.9. The summed E-state index contributed by atoms with van der Waals surface area (Å²) in [4.78, 5) is 29.6. The minimum absolute atomic E-state index is 0.0461. The third-order valence-corrected chi connectivity index (χ3v) is 9.58. The van der Waals surface area contributed by atoms with Gasteiger partial charge in [-0.2, -0.15) is 0 Å². The number of hydrogen-bond acceptors (Lipinski definition) is 4. The second-order valence-electron chi connectivity index (χ2n) is 10.5. The molecular weight excluding hydrogens is 617 g/mol. The number of carbonyl (C=O) groups is 2. The lowest BCUT2D eigenvalue weighted by molar-refractivity contribution is -0.140. The van der Waals surface area contributed by atoms with Crippen LogP contribution in [0.4, 0.5) is 5.69 Å². The van der Waals surface area contributed by atoms with Crippen LogP contribution in [0.2, 0.25) is 10.0 Å². The highest BCUT2D eigenvalue weighted by Gasteiger charge is 2.35. The summed E-state index contributed by atoms with van der Waals surface area (Å²) in [5.74, 6) is -0.928. The number of hydrogen-bond donors (Lipinski definition) is 1. The van der Waals surface area contributed by atoms with Crippen molar-refractivity contribution in [2.75, 3.05) is 17.4 Å². The molecule has 0 aromatic heterocycles. The molecule has 230 valence electrons. The van der Waals surface area contributed by atoms with Gasteiger partial charge in [-0.3, -0.25) is 13.9 Å². The lowest BCUT2D eigenvalue weighted by Crippen LogP contribution is -2.53. The Hall–Kier alpha value is -3.85. The van der Waals surface area contributed by atoms with Crippen LogP contribution < -0.4 is 9.62 Å². The summed E-state index contributed by atoms with van der Waals surface area (Å²) < 4.78 is 29.4. The number of nitrogens with one attached hydrogen (secondary N) is 1. The molecule has 7 nitrogen and oxygen atoms in total. The van der Waals surface area contributed by atoms with E-state index in [1.165, 1.54) is 17.0 Å². The third kappa shape index (κ3) is 8.00. The number of aryl methyl sites for hydroxylation is 2. The number of anilines is 1. The molecule has 0 saturated carbocycles. The molecule has 0 aliphatic rings. The van der Waals surface area contributed by atoms with Crippen molar-refractivity contribution in [3.05, 3.63) is 129 Å². The Morgan fingerprint density at radius 1 is 0.864 bits per heavy atom. The SMILES string of the molecule is CCNC(=O)C(Cc1ccccc1)N(Cc1ccc(Cl)cc1Cl)C(=O)CN(c1cc(C)ccc1C)S(=O)(=O)c1ccccc1. The number of halogens is 2. The Labute approximate surface area is 269 Å². The Balaban J connectivity index is 1.84. The summed E-state index contributed by atoms with van der Waals surface area (Å²) in [6.45, 7) is 5.22. The summed E-state index contributed by atoms with van der Waals surface area (Å²) in [5.41, 5.74) is 3.30. The Morgan fingerprint density at radius 3 is 2.16 bits per heavy atom. The summed E-state index contributed by atoms with van der Waals surface area (Å²) in [5, 5.41) is 3.60. The van der Waals surface area contributed by atoms with Crippen LogP contribution in [0.25, 0.3) is 0 Å². The fraction of sp³-hybridized carbons (Fsp3) is 0.235. The number of amides is 2. The molecule has 0 spiro atoms. The molecular formula is C34H35Cl2N3O4S. The van der Waals surface area contributed by atoms with Gasteiger partial charge in [0.15, 0.2) is 0 Å². The highest BCUT2D eigenvalue weighted by atomic mass is 35.5. The molecule has 1 N–H and O–H groups in total. The monoisotopic (exact) mass is 651 g/mol. The molecule has 1 atom stereocenters. The van der Waals surface area contributed by atoms with Crippen molar-refractivity contribution >= 4 is 50.7 Å². The highest BCUT2D eigenvalue weighted by Crippen LogP contribution is 2.29. The van der Waals surface area contributed by atoms with Crippen molar-refractivity contribution in [2.45, 2.75) is 44.7 Å². The van der Waals surface area contributed by atoms with E-state index in [9.17, 15) is 18.0 Å². The van der Waals surface area contributed by atoms with Crippen LogP contribution in [0.5, 0.6) is 0 Å². The molecule has 0 aliphatic heterocycles. The molecule has 44 heavy (non-hydrogen) atoms. The van der Waals surface area contributed by atoms with Crippen molar-refractivity contribution in [3.8, 4) is 0 Å². The molecule has 2 amide bonds. The van der Waals surface area contributed by atoms with Gasteiger partial charge in [-0.05, 0) is 73.4 Å². The zero-order valence-electron chi connectivity index (χ0n) is 24.8. The first-order chi connectivity index (χ1) is 21.0. The maximum Gasteiger partial charge on any atom is 0.264 e. The van der Waals surface area contributed by atoms with E-state index < -0.39 is 28.5 Å². The predicted octanol–water partition coefficient (Wildman–Crippen LogP) is 6.58. The van der Waals surface area contributed by atoms with Gasteiger partial charge in [-0.25, -0.2) is 8.42 Å². The molecule has 0 bridgehead atoms. The summed E-state index contributed by atoms with van der Waals surface area (Å²) in [6.07, 6.45) is 0.207. The number of sulfonamides is 1. The second kappa shape index (κ2) is 14.8. The Kier molecular flexibility index (Phi) is 11.1. The molecule has 0 radical (unpaired) electrons. The van der Waals surface area contributed by atoms with E-state index in [1.54, 1.807) is 56.3 Å². The van der Waals surface area contributed by atoms with Gasteiger partial charge in [-0.1, -0.05) is 89.9 Å².